The van der Waals surface area contributed by atoms with Crippen LogP contribution in [0.15, 0.2) is 0 Å². The van der Waals surface area contributed by atoms with Crippen molar-refractivity contribution in [2.45, 2.75) is 0 Å². The summed E-state index contributed by atoms with van der Waals surface area (Å²) in [5.41, 5.74) is 0. The quantitative estimate of drug-likeness (QED) is 0.218. The molecule has 0 heterocycles. The van der Waals surface area contributed by atoms with Gasteiger partial charge in [-0.1, -0.05) is 0 Å². The van der Waals surface area contributed by atoms with Gasteiger partial charge in [-0.3, -0.25) is 0 Å². The summed E-state index contributed by atoms with van der Waals surface area (Å²) in [6.07, 6.45) is 0. The minimum atomic E-state index is 1.03. The average Bonchev–Trinajstić information content (AvgIpc) is 2.26. The van der Waals surface area contributed by atoms with Crippen LogP contribution in [0, 0.1) is 0 Å². The third-order valence-electron chi connectivity index (χ3n) is 0.750. The first kappa shape index (κ1) is 18.3. The van der Waals surface area contributed by atoms with E-state index in [4.69, 9.17) is 0 Å². The van der Waals surface area contributed by atoms with Crippen molar-refractivity contribution >= 4 is 131 Å². The second-order valence-corrected chi connectivity index (χ2v) is 43.9. The highest BCUT2D eigenvalue weighted by atomic mass is 30.1. The topological polar surface area (TPSA) is 0 Å². The molecule has 0 aliphatic heterocycles. The van der Waals surface area contributed by atoms with E-state index < -0.39 is 0 Å². The van der Waals surface area contributed by atoms with Gasteiger partial charge < -0.3 is 0 Å². The maximum Gasteiger partial charge on any atom is 0 e. The fourth-order valence-electron chi connectivity index (χ4n) is 0.344. The Kier molecular flexibility index (Phi) is 21.0. The summed E-state index contributed by atoms with van der Waals surface area (Å²) in [4.78, 5) is 0. The van der Waals surface area contributed by atoms with Crippen molar-refractivity contribution in [1.82, 2.24) is 0 Å². The second kappa shape index (κ2) is 17.3. The van der Waals surface area contributed by atoms with Crippen LogP contribution >= 0.6 is 0 Å². The molecule has 0 saturated heterocycles. The van der Waals surface area contributed by atoms with E-state index in [0.717, 1.165) is 17.1 Å². The van der Waals surface area contributed by atoms with E-state index >= 15 is 0 Å². The fourth-order valence-corrected chi connectivity index (χ4v) is 83.5. The van der Waals surface area contributed by atoms with Gasteiger partial charge in [-0.25, -0.2) is 0 Å². The first-order chi connectivity index (χ1) is 7.41. The molecular weight excluding hydrogens is 421 g/mol. The van der Waals surface area contributed by atoms with E-state index in [-0.39, 0.29) is 0 Å². The Balaban J connectivity index is 2.81. The van der Waals surface area contributed by atoms with Gasteiger partial charge in [0.05, 0.1) is 0 Å². The van der Waals surface area contributed by atoms with Crippen molar-refractivity contribution in [3.63, 3.8) is 0 Å². The third-order valence-corrected chi connectivity index (χ3v) is 60.8. The van der Waals surface area contributed by atoms with E-state index in [9.17, 15) is 0 Å². The van der Waals surface area contributed by atoms with E-state index in [2.05, 4.69) is 19.5 Å². The van der Waals surface area contributed by atoms with E-state index in [0.29, 0.717) is 0 Å². The molecule has 0 aliphatic carbocycles. The molecule has 0 rings (SSSR count). The molecule has 0 N–H and O–H groups in total. The largest absolute Gasteiger partial charge is 0 e. The number of hydrogen-bond donors (Lipinski definition) is 0. The van der Waals surface area contributed by atoms with Crippen molar-refractivity contribution in [2.75, 3.05) is 0 Å². The lowest BCUT2D eigenvalue weighted by Crippen LogP contribution is -2.34. The standard InChI is InChI=1S/Si15/c1-3-5-7-9-11-13-15-14-12-10-8-6-4-2. The lowest BCUT2D eigenvalue weighted by atomic mass is 26.1. The summed E-state index contributed by atoms with van der Waals surface area (Å²) in [5.74, 6) is 0. The predicted molar refractivity (Wildman–Crippen MR) is 86.3 cm³/mol. The summed E-state index contributed by atoms with van der Waals surface area (Å²) in [6, 6.07) is 0. The Hall–Kier alpha value is 3.25. The predicted octanol–water partition coefficient (Wildman–Crippen LogP) is -5.71. The molecule has 0 aromatic carbocycles. The van der Waals surface area contributed by atoms with Crippen LogP contribution in [0.3, 0.4) is 0 Å². The first-order valence-corrected chi connectivity index (χ1v) is 31.5. The molecule has 15 heteroatoms. The van der Waals surface area contributed by atoms with Gasteiger partial charge in [-0.15, -0.1) is 0 Å². The van der Waals surface area contributed by atoms with Crippen molar-refractivity contribution in [1.29, 1.82) is 0 Å². The van der Waals surface area contributed by atoms with Gasteiger partial charge in [0.25, 0.3) is 0 Å². The maximum absolute atomic E-state index is 3.58. The SMILES string of the molecule is [Si][Si][Si][Si][Si][Si][Si][Si][Si][Si][Si][Si][Si][Si][Si]. The minimum Gasteiger partial charge on any atom is 0 e. The highest BCUT2D eigenvalue weighted by Gasteiger charge is 1.97. The van der Waals surface area contributed by atoms with Gasteiger partial charge in [0.15, 0.2) is 0 Å². The summed E-state index contributed by atoms with van der Waals surface area (Å²) in [5, 5.41) is 0. The number of hydrogen-bond acceptors (Lipinski definition) is 0. The van der Waals surface area contributed by atoms with Gasteiger partial charge in [0.2, 0.25) is 0 Å². The molecule has 0 aromatic rings. The lowest BCUT2D eigenvalue weighted by Gasteiger charge is -1.96. The zero-order chi connectivity index (χ0) is 11.2. The van der Waals surface area contributed by atoms with Gasteiger partial charge in [0, 0.05) is 131 Å². The summed E-state index contributed by atoms with van der Waals surface area (Å²) in [6.45, 7) is 0. The minimum absolute atomic E-state index is 1.03. The van der Waals surface area contributed by atoms with Gasteiger partial charge in [-0.05, 0) is 0 Å². The Morgan fingerprint density at radius 2 is 0.533 bits per heavy atom. The van der Waals surface area contributed by atoms with E-state index in [1.165, 1.54) is 94.1 Å². The molecule has 0 nitrogen and oxygen atoms in total. The fraction of sp³-hybridized carbons (Fsp3) is 0. The monoisotopic (exact) mass is 420 g/mol. The number of rotatable bonds is 12. The van der Waals surface area contributed by atoms with Crippen LogP contribution < -0.4 is 0 Å². The molecular formula is Si15. The van der Waals surface area contributed by atoms with E-state index in [1.807, 2.05) is 0 Å². The zero-order valence-corrected chi connectivity index (χ0v) is 22.5. The Morgan fingerprint density at radius 1 is 0.333 bits per heavy atom. The second-order valence-electron chi connectivity index (χ2n) is 1.62. The van der Waals surface area contributed by atoms with Crippen molar-refractivity contribution < 1.29 is 0 Å². The highest BCUT2D eigenvalue weighted by Crippen LogP contribution is 1.59. The Bertz CT molecular complexity index is 84.2. The molecule has 0 amide bonds. The molecule has 0 atom stereocenters. The van der Waals surface area contributed by atoms with Crippen molar-refractivity contribution in [2.24, 2.45) is 0 Å². The van der Waals surface area contributed by atoms with Crippen LogP contribution in [-0.4, -0.2) is 131 Å². The van der Waals surface area contributed by atoms with Crippen LogP contribution in [0.25, 0.3) is 0 Å². The summed E-state index contributed by atoms with van der Waals surface area (Å²) in [7, 11) is 23.6. The smallest absolute Gasteiger partial charge is 0 e. The molecule has 0 fully saturated rings. The maximum atomic E-state index is 3.58. The zero-order valence-electron chi connectivity index (χ0n) is 7.50. The lowest BCUT2D eigenvalue weighted by molar-refractivity contribution is 3.79. The summed E-state index contributed by atoms with van der Waals surface area (Å²) >= 11 is 0. The van der Waals surface area contributed by atoms with Crippen LogP contribution in [0.4, 0.5) is 0 Å². The molecule has 0 spiro atoms. The van der Waals surface area contributed by atoms with Crippen LogP contribution in [0.5, 0.6) is 0 Å². The van der Waals surface area contributed by atoms with Gasteiger partial charge in [0.1, 0.15) is 0 Å². The highest BCUT2D eigenvalue weighted by molar-refractivity contribution is 7.73. The Labute approximate surface area is 129 Å². The summed E-state index contributed by atoms with van der Waals surface area (Å²) < 4.78 is 0. The van der Waals surface area contributed by atoms with Gasteiger partial charge >= 0.3 is 0 Å². The van der Waals surface area contributed by atoms with Gasteiger partial charge in [-0.2, -0.15) is 0 Å². The molecule has 0 saturated carbocycles. The van der Waals surface area contributed by atoms with Crippen LogP contribution in [0.2, 0.25) is 0 Å². The third kappa shape index (κ3) is 17.3. The molecule has 60 valence electrons. The van der Waals surface area contributed by atoms with E-state index in [1.54, 1.807) is 0 Å². The molecule has 0 aliphatic rings. The first-order valence-electron chi connectivity index (χ1n) is 3.50. The average molecular weight is 421 g/mol. The molecule has 32 radical (unpaired) electrons. The Morgan fingerprint density at radius 3 is 0.733 bits per heavy atom. The normalized spacial score (nSPS) is 10.8. The van der Waals surface area contributed by atoms with Crippen LogP contribution in [-0.2, 0) is 0 Å². The van der Waals surface area contributed by atoms with Crippen molar-refractivity contribution in [3.05, 3.63) is 0 Å². The molecule has 15 heavy (non-hydrogen) atoms. The molecule has 0 unspecified atom stereocenters. The van der Waals surface area contributed by atoms with Crippen LogP contribution in [0.1, 0.15) is 0 Å². The van der Waals surface area contributed by atoms with Crippen molar-refractivity contribution in [3.8, 4) is 0 Å². The molecule has 0 aromatic heterocycles. The molecule has 0 bridgehead atoms.